The Labute approximate surface area is 385 Å². The molecule has 3 aromatic heterocycles. The smallest absolute Gasteiger partial charge is 0.158 e. The second-order valence-electron chi connectivity index (χ2n) is 16.6. The van der Waals surface area contributed by atoms with Crippen molar-refractivity contribution in [3.05, 3.63) is 224 Å². The number of hydrogen-bond donors (Lipinski definition) is 0. The number of ether oxygens (including phenoxy) is 1. The average molecular weight is 846 g/mol. The average Bonchev–Trinajstić information content (AvgIpc) is 3.93. The zero-order valence-electron chi connectivity index (χ0n) is 39.7. The van der Waals surface area contributed by atoms with Crippen LogP contribution in [0.1, 0.15) is 48.6 Å². The molecule has 0 unspecified atom stereocenters. The Morgan fingerprint density at radius 3 is 1.94 bits per heavy atom. The van der Waals surface area contributed by atoms with Gasteiger partial charge in [0.1, 0.15) is 24.0 Å². The summed E-state index contributed by atoms with van der Waals surface area (Å²) < 4.78 is 46.9. The van der Waals surface area contributed by atoms with Gasteiger partial charge in [0.15, 0.2) is 5.82 Å². The molecule has 0 amide bonds. The van der Waals surface area contributed by atoms with Gasteiger partial charge in [-0.3, -0.25) is 4.57 Å². The quantitative estimate of drug-likeness (QED) is 0.145. The van der Waals surface area contributed by atoms with E-state index in [1.54, 1.807) is 12.3 Å². The zero-order valence-corrected chi connectivity index (χ0v) is 35.7. The van der Waals surface area contributed by atoms with Crippen LogP contribution < -0.4 is 14.5 Å². The second-order valence-corrected chi connectivity index (χ2v) is 16.6. The largest absolute Gasteiger partial charge is 0.457 e. The van der Waals surface area contributed by atoms with Gasteiger partial charge in [0.2, 0.25) is 0 Å². The summed E-state index contributed by atoms with van der Waals surface area (Å²) in [6.07, 6.45) is 0.726. The number of para-hydroxylation sites is 2. The van der Waals surface area contributed by atoms with Gasteiger partial charge in [-0.15, -0.1) is 0 Å². The summed E-state index contributed by atoms with van der Waals surface area (Å²) in [6, 6.07) is 67.2. The van der Waals surface area contributed by atoms with Gasteiger partial charge in [-0.2, -0.15) is 0 Å². The van der Waals surface area contributed by atoms with E-state index in [9.17, 15) is 5.48 Å². The molecular weight excluding hydrogens is 795 g/mol. The van der Waals surface area contributed by atoms with Crippen LogP contribution in [-0.4, -0.2) is 21.2 Å². The maximum atomic E-state index is 9.52. The van der Waals surface area contributed by atoms with Crippen molar-refractivity contribution in [2.45, 2.75) is 37.4 Å². The molecule has 1 saturated carbocycles. The molecule has 65 heavy (non-hydrogen) atoms. The normalized spacial score (nSPS) is 16.9. The first-order chi connectivity index (χ1) is 33.7. The van der Waals surface area contributed by atoms with E-state index in [4.69, 9.17) is 14.7 Å². The Balaban J connectivity index is 0.929. The van der Waals surface area contributed by atoms with Crippen LogP contribution in [0.3, 0.4) is 0 Å². The summed E-state index contributed by atoms with van der Waals surface area (Å²) in [5.41, 5.74) is 8.95. The summed E-state index contributed by atoms with van der Waals surface area (Å²) >= 11 is 0. The van der Waals surface area contributed by atoms with E-state index in [1.165, 1.54) is 0 Å². The number of benzene rings is 7. The monoisotopic (exact) mass is 845 g/mol. The lowest BCUT2D eigenvalue weighted by molar-refractivity contribution is 0.345. The van der Waals surface area contributed by atoms with Crippen molar-refractivity contribution in [1.82, 2.24) is 14.5 Å². The molecule has 1 aliphatic heterocycles. The molecule has 0 bridgehead atoms. The van der Waals surface area contributed by atoms with Crippen molar-refractivity contribution in [3.63, 3.8) is 0 Å². The molecule has 6 nitrogen and oxygen atoms in total. The number of nitrogens with zero attached hydrogens (tertiary/aromatic N) is 5. The molecule has 0 radical (unpaired) electrons. The third-order valence-electron chi connectivity index (χ3n) is 12.8. The van der Waals surface area contributed by atoms with Gasteiger partial charge in [0, 0.05) is 63.0 Å². The fourth-order valence-electron chi connectivity index (χ4n) is 9.87. The Hall–Kier alpha value is -7.96. The Kier molecular flexibility index (Phi) is 8.66. The molecule has 0 N–H and O–H groups in total. The van der Waals surface area contributed by atoms with Gasteiger partial charge in [-0.05, 0) is 89.6 Å². The van der Waals surface area contributed by atoms with Gasteiger partial charge >= 0.3 is 0 Å². The number of pyridine rings is 2. The third kappa shape index (κ3) is 6.81. The number of rotatable bonds is 9. The number of hydrogen-bond acceptors (Lipinski definition) is 5. The standard InChI is InChI=1S/C59H47N5O/c1-5-18-42(19-6-1)49-27-16-28-50(43-20-7-2-8-21-43)57(49)63-41-62(58-54(63)30-17-36-61-58)46-24-15-25-47(39-46)65-48-31-32-52-51-26-11-12-29-53(51)64(55(52)40-48)56-38-45(33-37-60-56)59(34-13-4-14-35-59)44-22-9-3-10-23-44/h1-3,5-12,15-33,36-40H,4,13-14,34-35,41H2/i34D2,35D2. The molecular formula is C59H47N5O. The van der Waals surface area contributed by atoms with Crippen LogP contribution in [0.5, 0.6) is 11.5 Å². The number of fused-ring (bicyclic) bond motifs is 4. The maximum Gasteiger partial charge on any atom is 0.158 e. The Morgan fingerprint density at radius 1 is 0.492 bits per heavy atom. The number of aromatic nitrogens is 3. The lowest BCUT2D eigenvalue weighted by Crippen LogP contribution is -2.30. The summed E-state index contributed by atoms with van der Waals surface area (Å²) in [6.45, 7) is 0.520. The minimum Gasteiger partial charge on any atom is -0.457 e. The maximum absolute atomic E-state index is 9.52. The lowest BCUT2D eigenvalue weighted by atomic mass is 9.65. The molecule has 4 heterocycles. The highest BCUT2D eigenvalue weighted by Crippen LogP contribution is 2.50. The van der Waals surface area contributed by atoms with Crippen molar-refractivity contribution in [1.29, 1.82) is 0 Å². The predicted octanol–water partition coefficient (Wildman–Crippen LogP) is 15.2. The number of anilines is 4. The highest BCUT2D eigenvalue weighted by atomic mass is 16.5. The topological polar surface area (TPSA) is 46.4 Å². The highest BCUT2D eigenvalue weighted by molar-refractivity contribution is 6.09. The van der Waals surface area contributed by atoms with Gasteiger partial charge in [0.05, 0.1) is 22.4 Å². The molecule has 7 aromatic carbocycles. The Bertz CT molecular complexity index is 3450. The van der Waals surface area contributed by atoms with Crippen LogP contribution in [0.15, 0.2) is 213 Å². The molecule has 0 spiro atoms. The molecule has 2 aliphatic rings. The van der Waals surface area contributed by atoms with Gasteiger partial charge in [0.25, 0.3) is 0 Å². The van der Waals surface area contributed by atoms with Gasteiger partial charge < -0.3 is 14.5 Å². The van der Waals surface area contributed by atoms with Crippen LogP contribution >= 0.6 is 0 Å². The predicted molar refractivity (Wildman–Crippen MR) is 266 cm³/mol. The van der Waals surface area contributed by atoms with Crippen molar-refractivity contribution >= 4 is 44.7 Å². The lowest BCUT2D eigenvalue weighted by Gasteiger charge is -2.38. The highest BCUT2D eigenvalue weighted by Gasteiger charge is 2.36. The summed E-state index contributed by atoms with van der Waals surface area (Å²) in [5.74, 6) is 2.71. The molecule has 314 valence electrons. The minimum absolute atomic E-state index is 0.243. The first-order valence-corrected chi connectivity index (χ1v) is 22.3. The Morgan fingerprint density at radius 2 is 1.17 bits per heavy atom. The third-order valence-corrected chi connectivity index (χ3v) is 12.8. The fourth-order valence-corrected chi connectivity index (χ4v) is 9.87. The molecule has 0 saturated heterocycles. The van der Waals surface area contributed by atoms with E-state index >= 15 is 0 Å². The van der Waals surface area contributed by atoms with Crippen LogP contribution in [0.4, 0.5) is 22.9 Å². The van der Waals surface area contributed by atoms with E-state index in [2.05, 4.69) is 130 Å². The van der Waals surface area contributed by atoms with Gasteiger partial charge in [-0.1, -0.05) is 153 Å². The van der Waals surface area contributed by atoms with Crippen molar-refractivity contribution in [3.8, 4) is 39.6 Å². The zero-order chi connectivity index (χ0) is 46.7. The van der Waals surface area contributed by atoms with E-state index in [0.717, 1.165) is 66.9 Å². The molecule has 1 fully saturated rings. The van der Waals surface area contributed by atoms with Crippen LogP contribution in [0.2, 0.25) is 0 Å². The first kappa shape index (κ1) is 34.5. The first-order valence-electron chi connectivity index (χ1n) is 24.3. The van der Waals surface area contributed by atoms with Crippen molar-refractivity contribution in [2.75, 3.05) is 16.5 Å². The van der Waals surface area contributed by atoms with E-state index in [1.807, 2.05) is 85.1 Å². The minimum atomic E-state index is -1.88. The van der Waals surface area contributed by atoms with Gasteiger partial charge in [-0.25, -0.2) is 9.97 Å². The summed E-state index contributed by atoms with van der Waals surface area (Å²) in [4.78, 5) is 14.5. The van der Waals surface area contributed by atoms with Crippen molar-refractivity contribution < 1.29 is 10.2 Å². The molecule has 6 heteroatoms. The van der Waals surface area contributed by atoms with Crippen LogP contribution in [0.25, 0.3) is 49.9 Å². The van der Waals surface area contributed by atoms with E-state index in [-0.39, 0.29) is 12.8 Å². The fraction of sp³-hybridized carbons (Fsp3) is 0.119. The summed E-state index contributed by atoms with van der Waals surface area (Å²) in [5, 5.41) is 2.04. The molecule has 1 aliphatic carbocycles. The molecule has 12 rings (SSSR count). The second kappa shape index (κ2) is 16.3. The summed E-state index contributed by atoms with van der Waals surface area (Å²) in [7, 11) is 0. The molecule has 10 aromatic rings. The van der Waals surface area contributed by atoms with Crippen LogP contribution in [-0.2, 0) is 5.41 Å². The molecule has 0 atom stereocenters. The SMILES string of the molecule is [2H]C1([2H])CCCC([2H])([2H])C1(c1ccccc1)c1ccnc(-n2c3ccccc3c3ccc(Oc4cccc(N5CN(c6c(-c7ccccc7)cccc6-c6ccccc6)c6cccnc65)c4)cc32)c1. The van der Waals surface area contributed by atoms with E-state index < -0.39 is 18.2 Å². The van der Waals surface area contributed by atoms with Crippen molar-refractivity contribution in [2.24, 2.45) is 0 Å². The van der Waals surface area contributed by atoms with E-state index in [0.29, 0.717) is 41.5 Å². The van der Waals surface area contributed by atoms with Crippen LogP contribution in [0, 0.1) is 0 Å².